The van der Waals surface area contributed by atoms with Crippen molar-refractivity contribution in [3.8, 4) is 0 Å². The molecule has 1 aliphatic rings. The van der Waals surface area contributed by atoms with E-state index in [1.807, 2.05) is 24.3 Å². The highest BCUT2D eigenvalue weighted by Gasteiger charge is 2.41. The number of halogens is 1. The predicted octanol–water partition coefficient (Wildman–Crippen LogP) is 3.63. The van der Waals surface area contributed by atoms with Crippen LogP contribution in [-0.2, 0) is 14.9 Å². The normalized spacial score (nSPS) is 15.6. The number of nitrogens with zero attached hydrogens (tertiary/aromatic N) is 1. The molecule has 1 heterocycles. The van der Waals surface area contributed by atoms with Crippen LogP contribution >= 0.6 is 15.9 Å². The third-order valence-corrected chi connectivity index (χ3v) is 5.52. The number of nitro benzene ring substituents is 1. The van der Waals surface area contributed by atoms with E-state index in [9.17, 15) is 14.9 Å². The summed E-state index contributed by atoms with van der Waals surface area (Å²) >= 11 is 3.44. The largest absolute Gasteiger partial charge is 0.383 e. The number of carbonyl (C=O) groups is 1. The molecular formula is C20H22BrN3O4. The van der Waals surface area contributed by atoms with Crippen molar-refractivity contribution in [3.63, 3.8) is 0 Å². The first-order chi connectivity index (χ1) is 13.5. The van der Waals surface area contributed by atoms with Crippen LogP contribution in [0.4, 0.5) is 11.4 Å². The first-order valence-corrected chi connectivity index (χ1v) is 9.91. The number of benzene rings is 2. The van der Waals surface area contributed by atoms with Crippen LogP contribution in [0.15, 0.2) is 53.0 Å². The Kier molecular flexibility index (Phi) is 6.64. The van der Waals surface area contributed by atoms with Crippen molar-refractivity contribution in [1.82, 2.24) is 5.32 Å². The number of nitrogens with one attached hydrogen (secondary N) is 2. The fourth-order valence-corrected chi connectivity index (χ4v) is 3.65. The number of amides is 1. The lowest BCUT2D eigenvalue weighted by Gasteiger charge is -2.36. The van der Waals surface area contributed by atoms with Gasteiger partial charge in [-0.1, -0.05) is 28.1 Å². The van der Waals surface area contributed by atoms with E-state index >= 15 is 0 Å². The molecule has 8 heteroatoms. The molecule has 2 aromatic carbocycles. The summed E-state index contributed by atoms with van der Waals surface area (Å²) < 4.78 is 6.46. The molecule has 7 nitrogen and oxygen atoms in total. The molecule has 3 rings (SSSR count). The highest BCUT2D eigenvalue weighted by atomic mass is 79.9. The molecule has 1 amide bonds. The van der Waals surface area contributed by atoms with E-state index in [1.54, 1.807) is 12.1 Å². The fourth-order valence-electron chi connectivity index (χ4n) is 3.39. The van der Waals surface area contributed by atoms with Gasteiger partial charge < -0.3 is 15.4 Å². The molecule has 0 saturated carbocycles. The van der Waals surface area contributed by atoms with Gasteiger partial charge in [-0.25, -0.2) is 0 Å². The molecule has 0 atom stereocenters. The van der Waals surface area contributed by atoms with Gasteiger partial charge in [0.25, 0.3) is 5.69 Å². The number of nitro groups is 1. The molecule has 2 aromatic rings. The Bertz CT molecular complexity index is 818. The Morgan fingerprint density at radius 3 is 2.32 bits per heavy atom. The van der Waals surface area contributed by atoms with E-state index in [0.29, 0.717) is 39.1 Å². The second kappa shape index (κ2) is 9.16. The second-order valence-corrected chi connectivity index (χ2v) is 7.60. The van der Waals surface area contributed by atoms with Crippen molar-refractivity contribution in [2.24, 2.45) is 0 Å². The maximum Gasteiger partial charge on any atom is 0.269 e. The van der Waals surface area contributed by atoms with Crippen LogP contribution in [0.3, 0.4) is 0 Å². The molecular weight excluding hydrogens is 426 g/mol. The first-order valence-electron chi connectivity index (χ1n) is 9.12. The lowest BCUT2D eigenvalue weighted by Crippen LogP contribution is -2.49. The Balaban J connectivity index is 1.58. The summed E-state index contributed by atoms with van der Waals surface area (Å²) in [7, 11) is 0. The van der Waals surface area contributed by atoms with E-state index < -0.39 is 10.3 Å². The van der Waals surface area contributed by atoms with Crippen molar-refractivity contribution in [2.75, 3.05) is 31.6 Å². The number of carbonyl (C=O) groups excluding carboxylic acids is 1. The lowest BCUT2D eigenvalue weighted by molar-refractivity contribution is -0.384. The average Bonchev–Trinajstić information content (AvgIpc) is 2.72. The minimum atomic E-state index is -0.577. The van der Waals surface area contributed by atoms with E-state index in [-0.39, 0.29) is 11.6 Å². The minimum Gasteiger partial charge on any atom is -0.383 e. The van der Waals surface area contributed by atoms with Gasteiger partial charge in [0.15, 0.2) is 0 Å². The van der Waals surface area contributed by atoms with Crippen molar-refractivity contribution in [3.05, 3.63) is 68.7 Å². The quantitative estimate of drug-likeness (QED) is 0.383. The maximum atomic E-state index is 13.1. The number of rotatable bonds is 7. The molecule has 1 fully saturated rings. The van der Waals surface area contributed by atoms with Gasteiger partial charge >= 0.3 is 0 Å². The highest BCUT2D eigenvalue weighted by Crippen LogP contribution is 2.35. The van der Waals surface area contributed by atoms with Crippen LogP contribution in [0.2, 0.25) is 0 Å². The Morgan fingerprint density at radius 1 is 1.07 bits per heavy atom. The van der Waals surface area contributed by atoms with Crippen LogP contribution < -0.4 is 10.6 Å². The van der Waals surface area contributed by atoms with Gasteiger partial charge in [-0.05, 0) is 42.7 Å². The molecule has 2 N–H and O–H groups in total. The van der Waals surface area contributed by atoms with E-state index in [0.717, 1.165) is 15.7 Å². The molecule has 0 radical (unpaired) electrons. The van der Waals surface area contributed by atoms with E-state index in [1.165, 1.54) is 12.1 Å². The monoisotopic (exact) mass is 447 g/mol. The minimum absolute atomic E-state index is 0.00335. The van der Waals surface area contributed by atoms with Gasteiger partial charge in [0, 0.05) is 48.6 Å². The summed E-state index contributed by atoms with van der Waals surface area (Å²) in [5.74, 6) is 0.00335. The number of non-ortho nitro benzene ring substituents is 1. The van der Waals surface area contributed by atoms with Crippen molar-refractivity contribution < 1.29 is 14.5 Å². The lowest BCUT2D eigenvalue weighted by atomic mass is 9.73. The zero-order valence-corrected chi connectivity index (χ0v) is 16.9. The first kappa shape index (κ1) is 20.3. The fraction of sp³-hybridized carbons (Fsp3) is 0.350. The molecule has 28 heavy (non-hydrogen) atoms. The standard InChI is InChI=1S/C20H22BrN3O4/c21-16-3-1-15(2-4-16)20(9-13-28-14-10-20)19(25)23-12-11-22-17-5-7-18(8-6-17)24(26)27/h1-8,22H,9-14H2,(H,23,25). The van der Waals surface area contributed by atoms with E-state index in [2.05, 4.69) is 26.6 Å². The van der Waals surface area contributed by atoms with Gasteiger partial charge in [-0.3, -0.25) is 14.9 Å². The van der Waals surface area contributed by atoms with Crippen molar-refractivity contribution >= 4 is 33.2 Å². The smallest absolute Gasteiger partial charge is 0.269 e. The topological polar surface area (TPSA) is 93.5 Å². The summed E-state index contributed by atoms with van der Waals surface area (Å²) in [4.78, 5) is 23.3. The van der Waals surface area contributed by atoms with Gasteiger partial charge in [0.2, 0.25) is 5.91 Å². The number of hydrogen-bond donors (Lipinski definition) is 2. The molecule has 0 unspecified atom stereocenters. The van der Waals surface area contributed by atoms with Crippen LogP contribution in [0.5, 0.6) is 0 Å². The van der Waals surface area contributed by atoms with Gasteiger partial charge in [0.05, 0.1) is 10.3 Å². The third kappa shape index (κ3) is 4.69. The van der Waals surface area contributed by atoms with Gasteiger partial charge in [0.1, 0.15) is 0 Å². The van der Waals surface area contributed by atoms with Crippen LogP contribution in [0.25, 0.3) is 0 Å². The van der Waals surface area contributed by atoms with Gasteiger partial charge in [-0.15, -0.1) is 0 Å². The SMILES string of the molecule is O=C(NCCNc1ccc([N+](=O)[O-])cc1)C1(c2ccc(Br)cc2)CCOCC1. The Morgan fingerprint density at radius 2 is 1.71 bits per heavy atom. The van der Waals surface area contributed by atoms with E-state index in [4.69, 9.17) is 4.74 Å². The Labute approximate surface area is 171 Å². The number of ether oxygens (including phenoxy) is 1. The average molecular weight is 448 g/mol. The van der Waals surface area contributed by atoms with Gasteiger partial charge in [-0.2, -0.15) is 0 Å². The zero-order valence-electron chi connectivity index (χ0n) is 15.3. The number of hydrogen-bond acceptors (Lipinski definition) is 5. The molecule has 0 aliphatic carbocycles. The number of anilines is 1. The maximum absolute atomic E-state index is 13.1. The zero-order chi connectivity index (χ0) is 20.0. The molecule has 1 saturated heterocycles. The molecule has 148 valence electrons. The van der Waals surface area contributed by atoms with Crippen LogP contribution in [0.1, 0.15) is 18.4 Å². The summed E-state index contributed by atoms with van der Waals surface area (Å²) in [5.41, 5.74) is 1.25. The van der Waals surface area contributed by atoms with Crippen LogP contribution in [-0.4, -0.2) is 37.1 Å². The van der Waals surface area contributed by atoms with Crippen molar-refractivity contribution in [2.45, 2.75) is 18.3 Å². The molecule has 1 aliphatic heterocycles. The summed E-state index contributed by atoms with van der Waals surface area (Å²) in [6, 6.07) is 14.1. The Hall–Kier alpha value is -2.45. The molecule has 0 spiro atoms. The third-order valence-electron chi connectivity index (χ3n) is 5.00. The molecule has 0 aromatic heterocycles. The summed E-state index contributed by atoms with van der Waals surface area (Å²) in [5, 5.41) is 16.9. The van der Waals surface area contributed by atoms with Crippen LogP contribution in [0, 0.1) is 10.1 Å². The predicted molar refractivity (Wildman–Crippen MR) is 110 cm³/mol. The summed E-state index contributed by atoms with van der Waals surface area (Å²) in [6.45, 7) is 2.10. The second-order valence-electron chi connectivity index (χ2n) is 6.69. The summed E-state index contributed by atoms with van der Waals surface area (Å²) in [6.07, 6.45) is 1.30. The molecule has 0 bridgehead atoms. The highest BCUT2D eigenvalue weighted by molar-refractivity contribution is 9.10. The van der Waals surface area contributed by atoms with Crippen molar-refractivity contribution in [1.29, 1.82) is 0 Å².